The standard InChI is InChI=1S/C21H19F2N5O3S/c22-21(23)6-14(18(24)29)28(10-21)20(31)15-5-13(9-32-15)12-3-4-17-25-16(8-27(17)7-12)26-19(30)11-1-2-11/h3-5,7-9,11,14H,1-2,6,10H2,(H2,24,29)(H,26,30). The number of nitrogens with zero attached hydrogens (tertiary/aromatic N) is 3. The van der Waals surface area contributed by atoms with Gasteiger partial charge in [0.05, 0.1) is 17.6 Å². The summed E-state index contributed by atoms with van der Waals surface area (Å²) in [7, 11) is 0. The van der Waals surface area contributed by atoms with Crippen molar-refractivity contribution in [1.82, 2.24) is 14.3 Å². The van der Waals surface area contributed by atoms with Crippen molar-refractivity contribution in [3.8, 4) is 11.1 Å². The highest BCUT2D eigenvalue weighted by Gasteiger charge is 2.49. The Morgan fingerprint density at radius 2 is 1.97 bits per heavy atom. The van der Waals surface area contributed by atoms with Crippen LogP contribution in [0.2, 0.25) is 0 Å². The van der Waals surface area contributed by atoms with Crippen LogP contribution in [0.5, 0.6) is 0 Å². The number of hydrogen-bond acceptors (Lipinski definition) is 5. The van der Waals surface area contributed by atoms with Gasteiger partial charge in [-0.1, -0.05) is 0 Å². The number of alkyl halides is 2. The van der Waals surface area contributed by atoms with Crippen LogP contribution in [0.3, 0.4) is 0 Å². The van der Waals surface area contributed by atoms with E-state index < -0.39 is 36.7 Å². The van der Waals surface area contributed by atoms with E-state index in [1.807, 2.05) is 12.3 Å². The van der Waals surface area contributed by atoms with E-state index in [0.29, 0.717) is 11.5 Å². The first kappa shape index (κ1) is 20.6. The molecule has 1 saturated heterocycles. The number of fused-ring (bicyclic) bond motifs is 1. The van der Waals surface area contributed by atoms with Crippen molar-refractivity contribution in [2.75, 3.05) is 11.9 Å². The highest BCUT2D eigenvalue weighted by molar-refractivity contribution is 7.12. The fourth-order valence-corrected chi connectivity index (χ4v) is 4.69. The normalized spacial score (nSPS) is 19.9. The van der Waals surface area contributed by atoms with Crippen LogP contribution in [0.1, 0.15) is 28.9 Å². The van der Waals surface area contributed by atoms with Crippen molar-refractivity contribution in [2.24, 2.45) is 11.7 Å². The van der Waals surface area contributed by atoms with Gasteiger partial charge in [-0.25, -0.2) is 13.8 Å². The molecular formula is C21H19F2N5O3S. The number of hydrogen-bond donors (Lipinski definition) is 2. The predicted molar refractivity (Wildman–Crippen MR) is 113 cm³/mol. The molecule has 3 aromatic rings. The molecular weight excluding hydrogens is 440 g/mol. The Hall–Kier alpha value is -3.34. The monoisotopic (exact) mass is 459 g/mol. The average molecular weight is 459 g/mol. The van der Waals surface area contributed by atoms with Crippen LogP contribution < -0.4 is 11.1 Å². The van der Waals surface area contributed by atoms with Crippen LogP contribution in [0.25, 0.3) is 16.8 Å². The maximum absolute atomic E-state index is 13.8. The Labute approximate surface area is 185 Å². The molecule has 32 heavy (non-hydrogen) atoms. The first-order valence-electron chi connectivity index (χ1n) is 10.1. The highest BCUT2D eigenvalue weighted by Crippen LogP contribution is 2.35. The minimum absolute atomic E-state index is 0.0311. The van der Waals surface area contributed by atoms with Crippen LogP contribution in [0.15, 0.2) is 36.0 Å². The molecule has 2 fully saturated rings. The number of thiophene rings is 1. The molecule has 1 saturated carbocycles. The summed E-state index contributed by atoms with van der Waals surface area (Å²) in [5.41, 5.74) is 7.38. The summed E-state index contributed by atoms with van der Waals surface area (Å²) < 4.78 is 29.4. The van der Waals surface area contributed by atoms with Crippen molar-refractivity contribution in [3.05, 3.63) is 40.8 Å². The Balaban J connectivity index is 1.37. The van der Waals surface area contributed by atoms with E-state index in [0.717, 1.165) is 40.2 Å². The van der Waals surface area contributed by atoms with Crippen LogP contribution in [0, 0.1) is 5.92 Å². The van der Waals surface area contributed by atoms with E-state index in [9.17, 15) is 23.2 Å². The number of halogens is 2. The molecule has 4 heterocycles. The van der Waals surface area contributed by atoms with Gasteiger partial charge in [0.25, 0.3) is 11.8 Å². The molecule has 166 valence electrons. The second-order valence-corrected chi connectivity index (χ2v) is 9.10. The third kappa shape index (κ3) is 3.83. The van der Waals surface area contributed by atoms with Gasteiger partial charge in [0.2, 0.25) is 11.8 Å². The number of rotatable bonds is 5. The van der Waals surface area contributed by atoms with E-state index in [4.69, 9.17) is 5.73 Å². The highest BCUT2D eigenvalue weighted by atomic mass is 32.1. The lowest BCUT2D eigenvalue weighted by Gasteiger charge is -2.20. The number of nitrogens with two attached hydrogens (primary N) is 1. The van der Waals surface area contributed by atoms with E-state index in [1.165, 1.54) is 0 Å². The second kappa shape index (κ2) is 7.37. The Morgan fingerprint density at radius 3 is 2.69 bits per heavy atom. The molecule has 3 aromatic heterocycles. The Kier molecular flexibility index (Phi) is 4.73. The fraction of sp³-hybridized carbons (Fsp3) is 0.333. The third-order valence-corrected chi connectivity index (χ3v) is 6.57. The summed E-state index contributed by atoms with van der Waals surface area (Å²) in [6.45, 7) is -0.830. The van der Waals surface area contributed by atoms with Gasteiger partial charge in [0, 0.05) is 18.5 Å². The maximum atomic E-state index is 13.8. The molecule has 0 radical (unpaired) electrons. The molecule has 0 aromatic carbocycles. The van der Waals surface area contributed by atoms with Crippen LogP contribution in [-0.2, 0) is 9.59 Å². The number of primary amides is 1. The quantitative estimate of drug-likeness (QED) is 0.611. The number of aromatic nitrogens is 2. The minimum Gasteiger partial charge on any atom is -0.368 e. The summed E-state index contributed by atoms with van der Waals surface area (Å²) in [6.07, 6.45) is 4.56. The second-order valence-electron chi connectivity index (χ2n) is 8.18. The lowest BCUT2D eigenvalue weighted by Crippen LogP contribution is -2.43. The van der Waals surface area contributed by atoms with Crippen LogP contribution >= 0.6 is 11.3 Å². The van der Waals surface area contributed by atoms with Crippen molar-refractivity contribution < 1.29 is 23.2 Å². The number of pyridine rings is 1. The van der Waals surface area contributed by atoms with Gasteiger partial charge in [-0.15, -0.1) is 11.3 Å². The number of imidazole rings is 1. The summed E-state index contributed by atoms with van der Waals surface area (Å²) in [5, 5.41) is 4.55. The zero-order valence-electron chi connectivity index (χ0n) is 16.8. The zero-order valence-corrected chi connectivity index (χ0v) is 17.6. The molecule has 1 unspecified atom stereocenters. The Morgan fingerprint density at radius 1 is 1.19 bits per heavy atom. The number of carbonyl (C=O) groups excluding carboxylic acids is 3. The van der Waals surface area contributed by atoms with E-state index in [-0.39, 0.29) is 16.7 Å². The van der Waals surface area contributed by atoms with Gasteiger partial charge in [0.15, 0.2) is 5.82 Å². The molecule has 1 aliphatic carbocycles. The van der Waals surface area contributed by atoms with E-state index in [1.54, 1.807) is 28.1 Å². The SMILES string of the molecule is NC(=O)C1CC(F)(F)CN1C(=O)c1cc(-c2ccc3nc(NC(=O)C4CC4)cn3c2)cs1. The maximum Gasteiger partial charge on any atom is 0.267 e. The van der Waals surface area contributed by atoms with Crippen molar-refractivity contribution >= 4 is 40.5 Å². The van der Waals surface area contributed by atoms with Crippen LogP contribution in [-0.4, -0.2) is 50.5 Å². The molecule has 1 atom stereocenters. The molecule has 2 aliphatic rings. The van der Waals surface area contributed by atoms with Crippen LogP contribution in [0.4, 0.5) is 14.6 Å². The van der Waals surface area contributed by atoms with Gasteiger partial charge in [0.1, 0.15) is 11.7 Å². The lowest BCUT2D eigenvalue weighted by molar-refractivity contribution is -0.122. The smallest absolute Gasteiger partial charge is 0.267 e. The van der Waals surface area contributed by atoms with Crippen molar-refractivity contribution in [1.29, 1.82) is 0 Å². The number of amides is 3. The number of nitrogens with one attached hydrogen (secondary N) is 1. The van der Waals surface area contributed by atoms with Gasteiger partial charge < -0.3 is 20.4 Å². The van der Waals surface area contributed by atoms with Gasteiger partial charge in [-0.3, -0.25) is 14.4 Å². The molecule has 3 amide bonds. The summed E-state index contributed by atoms with van der Waals surface area (Å²) in [6, 6.07) is 3.89. The lowest BCUT2D eigenvalue weighted by atomic mass is 10.1. The fourth-order valence-electron chi connectivity index (χ4n) is 3.82. The first-order chi connectivity index (χ1) is 15.2. The van der Waals surface area contributed by atoms with Gasteiger partial charge in [-0.05, 0) is 47.5 Å². The van der Waals surface area contributed by atoms with Gasteiger partial charge in [-0.2, -0.15) is 0 Å². The molecule has 5 rings (SSSR count). The van der Waals surface area contributed by atoms with Gasteiger partial charge >= 0.3 is 0 Å². The topological polar surface area (TPSA) is 110 Å². The Bertz CT molecular complexity index is 1250. The largest absolute Gasteiger partial charge is 0.368 e. The first-order valence-corrected chi connectivity index (χ1v) is 10.9. The number of likely N-dealkylation sites (tertiary alicyclic amines) is 1. The molecule has 11 heteroatoms. The average Bonchev–Trinajstić information content (AvgIpc) is 3.19. The van der Waals surface area contributed by atoms with E-state index >= 15 is 0 Å². The summed E-state index contributed by atoms with van der Waals surface area (Å²) in [5.74, 6) is -4.22. The minimum atomic E-state index is -3.14. The summed E-state index contributed by atoms with van der Waals surface area (Å²) in [4.78, 5) is 41.8. The molecule has 1 aliphatic heterocycles. The number of carbonyl (C=O) groups is 3. The number of anilines is 1. The summed E-state index contributed by atoms with van der Waals surface area (Å²) >= 11 is 1.11. The third-order valence-electron chi connectivity index (χ3n) is 5.65. The molecule has 0 bridgehead atoms. The van der Waals surface area contributed by atoms with Crippen molar-refractivity contribution in [2.45, 2.75) is 31.2 Å². The predicted octanol–water partition coefficient (Wildman–Crippen LogP) is 2.75. The van der Waals surface area contributed by atoms with Crippen molar-refractivity contribution in [3.63, 3.8) is 0 Å². The molecule has 8 nitrogen and oxygen atoms in total. The van der Waals surface area contributed by atoms with E-state index in [2.05, 4.69) is 10.3 Å². The zero-order chi connectivity index (χ0) is 22.6. The molecule has 0 spiro atoms. The molecule has 3 N–H and O–H groups in total.